The first-order chi connectivity index (χ1) is 7.79. The van der Waals surface area contributed by atoms with Gasteiger partial charge in [-0.2, -0.15) is 0 Å². The molecule has 90 valence electrons. The molecule has 0 N–H and O–H groups in total. The lowest BCUT2D eigenvalue weighted by atomic mass is 9.91. The molecule has 0 atom stereocenters. The highest BCUT2D eigenvalue weighted by molar-refractivity contribution is 9.09. The standard InChI is InChI=1S/C12H19BrN2S/c1-10-9-16-12(14-10)8-15(7-3-6-13)11-4-2-5-11/h9,11H,2-8H2,1H3. The molecule has 0 spiro atoms. The monoisotopic (exact) mass is 302 g/mol. The maximum Gasteiger partial charge on any atom is 0.107 e. The summed E-state index contributed by atoms with van der Waals surface area (Å²) in [5.74, 6) is 0. The molecule has 0 unspecified atom stereocenters. The fourth-order valence-electron chi connectivity index (χ4n) is 2.05. The number of alkyl halides is 1. The molecule has 1 aliphatic rings. The number of aryl methyl sites for hydroxylation is 1. The molecule has 1 saturated carbocycles. The van der Waals surface area contributed by atoms with Crippen LogP contribution in [0.25, 0.3) is 0 Å². The highest BCUT2D eigenvalue weighted by atomic mass is 79.9. The summed E-state index contributed by atoms with van der Waals surface area (Å²) in [4.78, 5) is 7.18. The summed E-state index contributed by atoms with van der Waals surface area (Å²) in [7, 11) is 0. The van der Waals surface area contributed by atoms with Crippen molar-refractivity contribution >= 4 is 27.3 Å². The van der Waals surface area contributed by atoms with Crippen LogP contribution in [0.5, 0.6) is 0 Å². The third-order valence-corrected chi connectivity index (χ3v) is 4.69. The van der Waals surface area contributed by atoms with Gasteiger partial charge in [0.15, 0.2) is 0 Å². The number of rotatable bonds is 6. The van der Waals surface area contributed by atoms with E-state index < -0.39 is 0 Å². The van der Waals surface area contributed by atoms with Gasteiger partial charge in [0.1, 0.15) is 5.01 Å². The average molecular weight is 303 g/mol. The van der Waals surface area contributed by atoms with Crippen LogP contribution in [0.4, 0.5) is 0 Å². The lowest BCUT2D eigenvalue weighted by Gasteiger charge is -2.37. The molecule has 0 bridgehead atoms. The van der Waals surface area contributed by atoms with Crippen molar-refractivity contribution in [2.75, 3.05) is 11.9 Å². The number of hydrogen-bond donors (Lipinski definition) is 0. The highest BCUT2D eigenvalue weighted by Gasteiger charge is 2.24. The minimum absolute atomic E-state index is 0.822. The van der Waals surface area contributed by atoms with E-state index in [-0.39, 0.29) is 0 Å². The molecular formula is C12H19BrN2S. The highest BCUT2D eigenvalue weighted by Crippen LogP contribution is 2.27. The van der Waals surface area contributed by atoms with Crippen LogP contribution in [0.1, 0.15) is 36.4 Å². The Balaban J connectivity index is 1.90. The summed E-state index contributed by atoms with van der Waals surface area (Å²) in [6.07, 6.45) is 5.41. The Hall–Kier alpha value is 0.0700. The number of hydrogen-bond acceptors (Lipinski definition) is 3. The van der Waals surface area contributed by atoms with Crippen molar-refractivity contribution in [2.45, 2.75) is 45.2 Å². The molecule has 2 nitrogen and oxygen atoms in total. The summed E-state index contributed by atoms with van der Waals surface area (Å²) in [5.41, 5.74) is 1.16. The molecule has 0 aliphatic heterocycles. The Kier molecular flexibility index (Phi) is 4.79. The van der Waals surface area contributed by atoms with E-state index in [9.17, 15) is 0 Å². The van der Waals surface area contributed by atoms with Crippen LogP contribution in [0.3, 0.4) is 0 Å². The molecule has 1 heterocycles. The van der Waals surface area contributed by atoms with Crippen LogP contribution in [-0.2, 0) is 6.54 Å². The zero-order valence-electron chi connectivity index (χ0n) is 9.79. The fraction of sp³-hybridized carbons (Fsp3) is 0.750. The van der Waals surface area contributed by atoms with E-state index in [1.807, 2.05) is 0 Å². The van der Waals surface area contributed by atoms with Gasteiger partial charge in [-0.15, -0.1) is 11.3 Å². The van der Waals surface area contributed by atoms with Gasteiger partial charge in [0, 0.05) is 22.4 Å². The van der Waals surface area contributed by atoms with Crippen molar-refractivity contribution in [3.63, 3.8) is 0 Å². The first kappa shape index (κ1) is 12.5. The second-order valence-corrected chi connectivity index (χ2v) is 6.22. The third kappa shape index (κ3) is 3.28. The number of halogens is 1. The summed E-state index contributed by atoms with van der Waals surface area (Å²) in [6.45, 7) is 4.33. The predicted molar refractivity (Wildman–Crippen MR) is 73.3 cm³/mol. The van der Waals surface area contributed by atoms with Gasteiger partial charge < -0.3 is 0 Å². The lowest BCUT2D eigenvalue weighted by molar-refractivity contribution is 0.120. The van der Waals surface area contributed by atoms with Crippen molar-refractivity contribution in [1.29, 1.82) is 0 Å². The molecule has 1 fully saturated rings. The fourth-order valence-corrected chi connectivity index (χ4v) is 3.10. The van der Waals surface area contributed by atoms with E-state index in [2.05, 4.69) is 38.1 Å². The van der Waals surface area contributed by atoms with Gasteiger partial charge in [-0.25, -0.2) is 4.98 Å². The van der Waals surface area contributed by atoms with E-state index in [0.717, 1.165) is 23.6 Å². The zero-order chi connectivity index (χ0) is 11.4. The second kappa shape index (κ2) is 6.12. The number of nitrogens with zero attached hydrogens (tertiary/aromatic N) is 2. The Bertz CT molecular complexity index is 323. The summed E-state index contributed by atoms with van der Waals surface area (Å²) >= 11 is 5.32. The first-order valence-corrected chi connectivity index (χ1v) is 8.00. The van der Waals surface area contributed by atoms with Crippen molar-refractivity contribution in [2.24, 2.45) is 0 Å². The molecule has 16 heavy (non-hydrogen) atoms. The van der Waals surface area contributed by atoms with Gasteiger partial charge >= 0.3 is 0 Å². The van der Waals surface area contributed by atoms with Gasteiger partial charge in [-0.1, -0.05) is 22.4 Å². The number of thiazole rings is 1. The van der Waals surface area contributed by atoms with Crippen molar-refractivity contribution < 1.29 is 0 Å². The Labute approximate surface area is 110 Å². The van der Waals surface area contributed by atoms with Gasteiger partial charge in [-0.3, -0.25) is 4.90 Å². The van der Waals surface area contributed by atoms with Crippen LogP contribution < -0.4 is 0 Å². The normalized spacial score (nSPS) is 16.7. The number of aromatic nitrogens is 1. The van der Waals surface area contributed by atoms with Crippen LogP contribution in [0, 0.1) is 6.92 Å². The average Bonchev–Trinajstić information content (AvgIpc) is 2.58. The van der Waals surface area contributed by atoms with E-state index in [4.69, 9.17) is 0 Å². The minimum Gasteiger partial charge on any atom is -0.294 e. The maximum atomic E-state index is 4.56. The molecule has 1 aromatic rings. The van der Waals surface area contributed by atoms with Crippen molar-refractivity contribution in [3.8, 4) is 0 Å². The summed E-state index contributed by atoms with van der Waals surface area (Å²) in [6, 6.07) is 0.822. The van der Waals surface area contributed by atoms with Crippen LogP contribution in [0.15, 0.2) is 5.38 Å². The van der Waals surface area contributed by atoms with Crippen LogP contribution >= 0.6 is 27.3 Å². The smallest absolute Gasteiger partial charge is 0.107 e. The van der Waals surface area contributed by atoms with Gasteiger partial charge in [0.2, 0.25) is 0 Å². The van der Waals surface area contributed by atoms with Crippen LogP contribution in [0.2, 0.25) is 0 Å². The second-order valence-electron chi connectivity index (χ2n) is 4.48. The SMILES string of the molecule is Cc1csc(CN(CCCBr)C2CCC2)n1. The zero-order valence-corrected chi connectivity index (χ0v) is 12.2. The molecule has 0 amide bonds. The molecule has 2 rings (SSSR count). The largest absolute Gasteiger partial charge is 0.294 e. The minimum atomic E-state index is 0.822. The Morgan fingerprint density at radius 2 is 2.38 bits per heavy atom. The van der Waals surface area contributed by atoms with Gasteiger partial charge in [0.25, 0.3) is 0 Å². The van der Waals surface area contributed by atoms with Gasteiger partial charge in [-0.05, 0) is 32.7 Å². The molecule has 1 aromatic heterocycles. The molecule has 1 aliphatic carbocycles. The molecule has 0 radical (unpaired) electrons. The topological polar surface area (TPSA) is 16.1 Å². The Morgan fingerprint density at radius 1 is 1.56 bits per heavy atom. The molecule has 0 aromatic carbocycles. The van der Waals surface area contributed by atoms with E-state index >= 15 is 0 Å². The van der Waals surface area contributed by atoms with Crippen LogP contribution in [-0.4, -0.2) is 27.8 Å². The third-order valence-electron chi connectivity index (χ3n) is 3.17. The van der Waals surface area contributed by atoms with E-state index in [1.54, 1.807) is 11.3 Å². The maximum absolute atomic E-state index is 4.56. The van der Waals surface area contributed by atoms with Crippen molar-refractivity contribution in [3.05, 3.63) is 16.1 Å². The Morgan fingerprint density at radius 3 is 2.88 bits per heavy atom. The van der Waals surface area contributed by atoms with E-state index in [0.29, 0.717) is 0 Å². The quantitative estimate of drug-likeness (QED) is 0.747. The molecular weight excluding hydrogens is 284 g/mol. The molecule has 0 saturated heterocycles. The first-order valence-electron chi connectivity index (χ1n) is 6.00. The lowest BCUT2D eigenvalue weighted by Crippen LogP contribution is -2.40. The predicted octanol–water partition coefficient (Wildman–Crippen LogP) is 3.59. The summed E-state index contributed by atoms with van der Waals surface area (Å²) in [5, 5.41) is 4.53. The molecule has 4 heteroatoms. The van der Waals surface area contributed by atoms with E-state index in [1.165, 1.54) is 37.2 Å². The van der Waals surface area contributed by atoms with Gasteiger partial charge in [0.05, 0.1) is 6.54 Å². The van der Waals surface area contributed by atoms with Crippen molar-refractivity contribution in [1.82, 2.24) is 9.88 Å². The summed E-state index contributed by atoms with van der Waals surface area (Å²) < 4.78 is 0.